The molecular formula is C20H18N2O2. The van der Waals surface area contributed by atoms with Crippen molar-refractivity contribution >= 4 is 6.20 Å². The Balaban J connectivity index is 1.91. The minimum absolute atomic E-state index is 0.0224. The number of aromatic nitrogens is 2. The number of hydrogen-bond donors (Lipinski definition) is 1. The highest BCUT2D eigenvalue weighted by Crippen LogP contribution is 2.33. The van der Waals surface area contributed by atoms with Crippen LogP contribution in [0.4, 0.5) is 0 Å². The van der Waals surface area contributed by atoms with Gasteiger partial charge in [0, 0.05) is 6.20 Å². The number of nitrogens with zero attached hydrogens (tertiary/aromatic N) is 2. The summed E-state index contributed by atoms with van der Waals surface area (Å²) in [6, 6.07) is 14.3. The molecule has 0 atom stereocenters. The molecule has 0 unspecified atom stereocenters. The fourth-order valence-corrected chi connectivity index (χ4v) is 3.17. The highest BCUT2D eigenvalue weighted by molar-refractivity contribution is 5.78. The van der Waals surface area contributed by atoms with E-state index in [0.717, 1.165) is 22.3 Å². The molecule has 120 valence electrons. The van der Waals surface area contributed by atoms with Crippen LogP contribution in [0, 0.1) is 13.8 Å². The lowest BCUT2D eigenvalue weighted by Crippen LogP contribution is -2.14. The van der Waals surface area contributed by atoms with Gasteiger partial charge in [-0.1, -0.05) is 42.0 Å². The standard InChI is InChI=1S/C20H18N2O2/c1-13-4-7-15(8-5-13)16-9-6-14(2)17(12-16)18-19(23)21-10-3-11-22(21)20(18)24/h3-10,12,24H,11H2,1-2H3. The zero-order valence-electron chi connectivity index (χ0n) is 13.7. The topological polar surface area (TPSA) is 47.2 Å². The molecule has 2 aromatic carbocycles. The maximum atomic E-state index is 12.7. The maximum absolute atomic E-state index is 12.7. The number of allylic oxidation sites excluding steroid dienone is 1. The smallest absolute Gasteiger partial charge is 0.282 e. The van der Waals surface area contributed by atoms with Crippen molar-refractivity contribution in [3.8, 4) is 28.1 Å². The van der Waals surface area contributed by atoms with Crippen molar-refractivity contribution in [3.63, 3.8) is 0 Å². The maximum Gasteiger partial charge on any atom is 0.282 e. The molecule has 2 heterocycles. The molecule has 1 aliphatic heterocycles. The number of aryl methyl sites for hydroxylation is 2. The van der Waals surface area contributed by atoms with E-state index in [1.807, 2.05) is 31.2 Å². The molecule has 0 aliphatic carbocycles. The van der Waals surface area contributed by atoms with Crippen molar-refractivity contribution < 1.29 is 5.11 Å². The number of fused-ring (bicyclic) bond motifs is 1. The van der Waals surface area contributed by atoms with Crippen LogP contribution in [0.5, 0.6) is 5.88 Å². The van der Waals surface area contributed by atoms with Crippen molar-refractivity contribution in [1.82, 2.24) is 9.36 Å². The second kappa shape index (κ2) is 5.27. The van der Waals surface area contributed by atoms with Gasteiger partial charge in [-0.25, -0.2) is 9.36 Å². The molecule has 3 aromatic rings. The largest absolute Gasteiger partial charge is 0.493 e. The molecule has 4 heteroatoms. The van der Waals surface area contributed by atoms with Crippen molar-refractivity contribution in [2.75, 3.05) is 0 Å². The number of aromatic hydroxyl groups is 1. The molecule has 0 amide bonds. The molecule has 24 heavy (non-hydrogen) atoms. The van der Waals surface area contributed by atoms with Gasteiger partial charge in [-0.05, 0) is 48.2 Å². The van der Waals surface area contributed by atoms with Crippen LogP contribution >= 0.6 is 0 Å². The van der Waals surface area contributed by atoms with Gasteiger partial charge in [-0.2, -0.15) is 0 Å². The minimum atomic E-state index is -0.189. The monoisotopic (exact) mass is 318 g/mol. The minimum Gasteiger partial charge on any atom is -0.493 e. The van der Waals surface area contributed by atoms with Crippen molar-refractivity contribution in [1.29, 1.82) is 0 Å². The summed E-state index contributed by atoms with van der Waals surface area (Å²) in [5.41, 5.74) is 5.24. The molecule has 0 saturated heterocycles. The predicted molar refractivity (Wildman–Crippen MR) is 96.0 cm³/mol. The second-order valence-corrected chi connectivity index (χ2v) is 6.21. The van der Waals surface area contributed by atoms with Gasteiger partial charge in [0.05, 0.1) is 6.54 Å². The average Bonchev–Trinajstić information content (AvgIpc) is 3.14. The normalized spacial score (nSPS) is 12.6. The molecule has 1 aliphatic rings. The van der Waals surface area contributed by atoms with E-state index in [1.54, 1.807) is 10.9 Å². The van der Waals surface area contributed by atoms with Gasteiger partial charge >= 0.3 is 0 Å². The average molecular weight is 318 g/mol. The highest BCUT2D eigenvalue weighted by Gasteiger charge is 2.23. The molecule has 1 aromatic heterocycles. The lowest BCUT2D eigenvalue weighted by Gasteiger charge is -2.09. The molecule has 4 rings (SSSR count). The van der Waals surface area contributed by atoms with E-state index in [9.17, 15) is 9.90 Å². The summed E-state index contributed by atoms with van der Waals surface area (Å²) in [5.74, 6) is 0.0224. The predicted octanol–water partition coefficient (Wildman–Crippen LogP) is 3.79. The van der Waals surface area contributed by atoms with E-state index in [0.29, 0.717) is 12.1 Å². The van der Waals surface area contributed by atoms with Crippen LogP contribution < -0.4 is 5.56 Å². The fourth-order valence-electron chi connectivity index (χ4n) is 3.17. The lowest BCUT2D eigenvalue weighted by atomic mass is 9.96. The number of rotatable bonds is 2. The second-order valence-electron chi connectivity index (χ2n) is 6.21. The molecule has 4 nitrogen and oxygen atoms in total. The summed E-state index contributed by atoms with van der Waals surface area (Å²) in [6.07, 6.45) is 3.55. The third kappa shape index (κ3) is 2.11. The highest BCUT2D eigenvalue weighted by atomic mass is 16.3. The Morgan fingerprint density at radius 3 is 2.42 bits per heavy atom. The van der Waals surface area contributed by atoms with Gasteiger partial charge < -0.3 is 5.11 Å². The van der Waals surface area contributed by atoms with E-state index in [2.05, 4.69) is 31.2 Å². The Morgan fingerprint density at radius 2 is 1.71 bits per heavy atom. The van der Waals surface area contributed by atoms with Gasteiger partial charge in [0.1, 0.15) is 5.56 Å². The Hall–Kier alpha value is -3.01. The first-order chi connectivity index (χ1) is 11.6. The lowest BCUT2D eigenvalue weighted by molar-refractivity contribution is 0.407. The summed E-state index contributed by atoms with van der Waals surface area (Å²) in [7, 11) is 0. The molecular weight excluding hydrogens is 300 g/mol. The van der Waals surface area contributed by atoms with Crippen LogP contribution in [0.1, 0.15) is 11.1 Å². The number of hydrogen-bond acceptors (Lipinski definition) is 2. The quantitative estimate of drug-likeness (QED) is 0.781. The zero-order chi connectivity index (χ0) is 16.8. The molecule has 0 fully saturated rings. The van der Waals surface area contributed by atoms with Crippen LogP contribution in [0.3, 0.4) is 0 Å². The zero-order valence-corrected chi connectivity index (χ0v) is 13.7. The van der Waals surface area contributed by atoms with E-state index in [1.165, 1.54) is 10.2 Å². The summed E-state index contributed by atoms with van der Waals surface area (Å²) >= 11 is 0. The van der Waals surface area contributed by atoms with Crippen molar-refractivity contribution in [3.05, 3.63) is 70.0 Å². The van der Waals surface area contributed by atoms with E-state index in [4.69, 9.17) is 0 Å². The van der Waals surface area contributed by atoms with E-state index >= 15 is 0 Å². The Bertz CT molecular complexity index is 1020. The third-order valence-electron chi connectivity index (χ3n) is 4.57. The van der Waals surface area contributed by atoms with Crippen LogP contribution in [0.25, 0.3) is 28.5 Å². The molecule has 0 saturated carbocycles. The van der Waals surface area contributed by atoms with Gasteiger partial charge in [0.25, 0.3) is 5.56 Å². The fraction of sp³-hybridized carbons (Fsp3) is 0.150. The van der Waals surface area contributed by atoms with Gasteiger partial charge in [-0.3, -0.25) is 4.79 Å². The van der Waals surface area contributed by atoms with E-state index < -0.39 is 0 Å². The Kier molecular flexibility index (Phi) is 3.20. The first kappa shape index (κ1) is 14.6. The molecule has 1 N–H and O–H groups in total. The third-order valence-corrected chi connectivity index (χ3v) is 4.57. The number of benzene rings is 2. The Labute approximate surface area is 139 Å². The van der Waals surface area contributed by atoms with Gasteiger partial charge in [0.15, 0.2) is 0 Å². The van der Waals surface area contributed by atoms with E-state index in [-0.39, 0.29) is 11.4 Å². The summed E-state index contributed by atoms with van der Waals surface area (Å²) in [6.45, 7) is 4.52. The summed E-state index contributed by atoms with van der Waals surface area (Å²) in [4.78, 5) is 12.7. The van der Waals surface area contributed by atoms with Crippen molar-refractivity contribution in [2.45, 2.75) is 20.4 Å². The van der Waals surface area contributed by atoms with Crippen LogP contribution in [0.15, 0.2) is 53.3 Å². The van der Waals surface area contributed by atoms with Crippen LogP contribution in [-0.4, -0.2) is 14.5 Å². The van der Waals surface area contributed by atoms with Gasteiger partial charge in [0.2, 0.25) is 5.88 Å². The van der Waals surface area contributed by atoms with Crippen LogP contribution in [-0.2, 0) is 6.54 Å². The first-order valence-corrected chi connectivity index (χ1v) is 7.95. The molecule has 0 radical (unpaired) electrons. The molecule has 0 spiro atoms. The van der Waals surface area contributed by atoms with Gasteiger partial charge in [-0.15, -0.1) is 0 Å². The van der Waals surface area contributed by atoms with Crippen LogP contribution in [0.2, 0.25) is 0 Å². The first-order valence-electron chi connectivity index (χ1n) is 7.95. The molecule has 0 bridgehead atoms. The Morgan fingerprint density at radius 1 is 1.00 bits per heavy atom. The van der Waals surface area contributed by atoms with Crippen molar-refractivity contribution in [2.24, 2.45) is 0 Å². The summed E-state index contributed by atoms with van der Waals surface area (Å²) in [5, 5.41) is 10.5. The summed E-state index contributed by atoms with van der Waals surface area (Å²) < 4.78 is 3.04. The SMILES string of the molecule is Cc1ccc(-c2ccc(C)c(-c3c(O)n4n(c3=O)C=CC4)c2)cc1.